The number of nitrogens with one attached hydrogen (secondary N) is 1. The van der Waals surface area contributed by atoms with Crippen LogP contribution in [-0.4, -0.2) is 80.4 Å². The maximum Gasteiger partial charge on any atom is 0.414 e. The molecule has 2 aliphatic carbocycles. The van der Waals surface area contributed by atoms with Gasteiger partial charge >= 0.3 is 6.18 Å². The van der Waals surface area contributed by atoms with E-state index in [9.17, 15) is 13.2 Å². The second kappa shape index (κ2) is 9.68. The minimum atomic E-state index is -4.33. The average molecular weight is 461 g/mol. The Balaban J connectivity index is 1.38. The second-order valence-corrected chi connectivity index (χ2v) is 10.7. The first kappa shape index (κ1) is 23.3. The molecule has 0 radical (unpaired) electrons. The van der Waals surface area contributed by atoms with E-state index >= 15 is 0 Å². The van der Waals surface area contributed by atoms with Gasteiger partial charge in [-0.05, 0) is 63.2 Å². The van der Waals surface area contributed by atoms with Crippen LogP contribution in [0.15, 0.2) is 0 Å². The second-order valence-electron chi connectivity index (χ2n) is 10.7. The highest BCUT2D eigenvalue weighted by Crippen LogP contribution is 2.43. The number of ether oxygens (including phenoxy) is 3. The quantitative estimate of drug-likeness (QED) is 0.594. The molecule has 1 spiro atoms. The van der Waals surface area contributed by atoms with Crippen LogP contribution in [0.4, 0.5) is 13.2 Å². The Labute approximate surface area is 189 Å². The summed E-state index contributed by atoms with van der Waals surface area (Å²) in [5.74, 6) is 0.739. The summed E-state index contributed by atoms with van der Waals surface area (Å²) in [7, 11) is 0. The highest BCUT2D eigenvalue weighted by molar-refractivity contribution is 5.07. The number of morpholine rings is 1. The van der Waals surface area contributed by atoms with Crippen molar-refractivity contribution in [3.63, 3.8) is 0 Å². The molecule has 0 aromatic carbocycles. The lowest BCUT2D eigenvalue weighted by atomic mass is 9.71. The van der Waals surface area contributed by atoms with Gasteiger partial charge < -0.3 is 19.5 Å². The van der Waals surface area contributed by atoms with Gasteiger partial charge in [-0.2, -0.15) is 13.2 Å². The van der Waals surface area contributed by atoms with E-state index in [-0.39, 0.29) is 36.1 Å². The molecule has 6 aliphatic rings. The van der Waals surface area contributed by atoms with Gasteiger partial charge in [0.2, 0.25) is 0 Å². The molecule has 184 valence electrons. The molecule has 4 aliphatic heterocycles. The predicted octanol–water partition coefficient (Wildman–Crippen LogP) is 3.90. The summed E-state index contributed by atoms with van der Waals surface area (Å²) in [6.45, 7) is 3.79. The van der Waals surface area contributed by atoms with Crippen molar-refractivity contribution in [2.24, 2.45) is 11.8 Å². The molecule has 4 saturated heterocycles. The van der Waals surface area contributed by atoms with Crippen molar-refractivity contribution < 1.29 is 27.4 Å². The van der Waals surface area contributed by atoms with Crippen molar-refractivity contribution in [3.8, 4) is 0 Å². The van der Waals surface area contributed by atoms with Crippen LogP contribution in [0.25, 0.3) is 0 Å². The Hall–Kier alpha value is -0.410. The lowest BCUT2D eigenvalue weighted by molar-refractivity contribution is -0.246. The zero-order chi connectivity index (χ0) is 22.2. The fourth-order valence-electron chi connectivity index (χ4n) is 7.15. The molecular weight excluding hydrogens is 421 g/mol. The van der Waals surface area contributed by atoms with Gasteiger partial charge in [-0.15, -0.1) is 0 Å². The fourth-order valence-corrected chi connectivity index (χ4v) is 7.15. The van der Waals surface area contributed by atoms with Gasteiger partial charge in [0.15, 0.2) is 6.10 Å². The number of hydrogen-bond donors (Lipinski definition) is 1. The Morgan fingerprint density at radius 3 is 2.50 bits per heavy atom. The molecule has 5 atom stereocenters. The van der Waals surface area contributed by atoms with E-state index in [1.165, 1.54) is 0 Å². The van der Waals surface area contributed by atoms with Crippen LogP contribution in [0.2, 0.25) is 0 Å². The summed E-state index contributed by atoms with van der Waals surface area (Å²) >= 11 is 0. The van der Waals surface area contributed by atoms with Crippen LogP contribution in [0.3, 0.4) is 0 Å². The lowest BCUT2D eigenvalue weighted by Crippen LogP contribution is -2.63. The van der Waals surface area contributed by atoms with Crippen molar-refractivity contribution in [2.45, 2.75) is 100 Å². The number of hydrogen-bond acceptors (Lipinski definition) is 5. The average Bonchev–Trinajstić information content (AvgIpc) is 3.11. The maximum absolute atomic E-state index is 14.1. The number of fused-ring (bicyclic) bond motifs is 6. The molecular formula is C24H39F3N2O3. The summed E-state index contributed by atoms with van der Waals surface area (Å²) in [4.78, 5) is 2.21. The van der Waals surface area contributed by atoms with Crippen molar-refractivity contribution in [2.75, 3.05) is 39.5 Å². The Morgan fingerprint density at radius 2 is 1.75 bits per heavy atom. The van der Waals surface area contributed by atoms with Gasteiger partial charge in [-0.3, -0.25) is 4.90 Å². The molecule has 1 N–H and O–H groups in total. The standard InChI is InChI=1S/C24H39F3N2O3/c25-24(26,27)22-9-12-29-13-10-23(16-30-14-11-28-23)21(29)15-31-18-7-5-17(6-8-18)19-3-1-2-4-20(19)32-22/h17-22,28H,1-16H2/t17?,18?,19?,20?,21-,22?,23+/m0/s1. The third-order valence-electron chi connectivity index (χ3n) is 8.96. The molecule has 3 unspecified atom stereocenters. The van der Waals surface area contributed by atoms with E-state index in [4.69, 9.17) is 14.2 Å². The zero-order valence-corrected chi connectivity index (χ0v) is 19.1. The number of nitrogens with zero attached hydrogens (tertiary/aromatic N) is 1. The largest absolute Gasteiger partial charge is 0.414 e. The highest BCUT2D eigenvalue weighted by atomic mass is 19.4. The zero-order valence-electron chi connectivity index (χ0n) is 19.1. The van der Waals surface area contributed by atoms with Crippen LogP contribution in [-0.2, 0) is 14.2 Å². The third kappa shape index (κ3) is 4.85. The molecule has 2 bridgehead atoms. The maximum atomic E-state index is 14.1. The molecule has 32 heavy (non-hydrogen) atoms. The molecule has 0 amide bonds. The van der Waals surface area contributed by atoms with Gasteiger partial charge in [0.05, 0.1) is 43.6 Å². The minimum absolute atomic E-state index is 0.00570. The van der Waals surface area contributed by atoms with Crippen LogP contribution in [0, 0.1) is 11.8 Å². The summed E-state index contributed by atoms with van der Waals surface area (Å²) in [5.41, 5.74) is -0.213. The molecule has 0 aromatic rings. The van der Waals surface area contributed by atoms with Crippen LogP contribution < -0.4 is 5.32 Å². The van der Waals surface area contributed by atoms with E-state index < -0.39 is 12.3 Å². The lowest BCUT2D eigenvalue weighted by Gasteiger charge is -2.44. The van der Waals surface area contributed by atoms with E-state index in [0.29, 0.717) is 32.3 Å². The first-order valence-electron chi connectivity index (χ1n) is 12.9. The first-order chi connectivity index (χ1) is 15.4. The first-order valence-corrected chi connectivity index (χ1v) is 12.9. The van der Waals surface area contributed by atoms with E-state index in [1.807, 2.05) is 0 Å². The molecule has 2 saturated carbocycles. The SMILES string of the molecule is FC(F)(F)C1CCN2CC[C@@]3(COCCN3)[C@@H]2COC2CCC(CC2)C2CCCCC2O1. The third-order valence-corrected chi connectivity index (χ3v) is 8.96. The molecule has 0 aromatic heterocycles. The number of alkyl halides is 3. The van der Waals surface area contributed by atoms with Crippen LogP contribution in [0.1, 0.15) is 64.2 Å². The molecule has 8 heteroatoms. The minimum Gasteiger partial charge on any atom is -0.378 e. The monoisotopic (exact) mass is 460 g/mol. The van der Waals surface area contributed by atoms with Crippen molar-refractivity contribution in [1.82, 2.24) is 10.2 Å². The summed E-state index contributed by atoms with van der Waals surface area (Å²) in [6.07, 6.45) is 2.88. The Kier molecular flexibility index (Phi) is 7.06. The van der Waals surface area contributed by atoms with Gasteiger partial charge in [0.25, 0.3) is 0 Å². The van der Waals surface area contributed by atoms with E-state index in [2.05, 4.69) is 10.2 Å². The molecule has 5 nitrogen and oxygen atoms in total. The normalized spacial score (nSPS) is 44.7. The Morgan fingerprint density at radius 1 is 0.938 bits per heavy atom. The van der Waals surface area contributed by atoms with Crippen molar-refractivity contribution in [3.05, 3.63) is 0 Å². The van der Waals surface area contributed by atoms with Crippen molar-refractivity contribution >= 4 is 0 Å². The van der Waals surface area contributed by atoms with Crippen LogP contribution >= 0.6 is 0 Å². The smallest absolute Gasteiger partial charge is 0.378 e. The van der Waals surface area contributed by atoms with Gasteiger partial charge in [0, 0.05) is 19.6 Å². The molecule has 4 heterocycles. The summed E-state index contributed by atoms with van der Waals surface area (Å²) in [6, 6.07) is 0.0415. The topological polar surface area (TPSA) is 43.0 Å². The fraction of sp³-hybridized carbons (Fsp3) is 1.00. The number of halogens is 3. The van der Waals surface area contributed by atoms with Crippen molar-refractivity contribution in [1.29, 1.82) is 0 Å². The molecule has 6 rings (SSSR count). The molecule has 6 fully saturated rings. The van der Waals surface area contributed by atoms with E-state index in [0.717, 1.165) is 70.9 Å². The summed E-state index contributed by atoms with van der Waals surface area (Å²) < 4.78 is 60.4. The highest BCUT2D eigenvalue weighted by Gasteiger charge is 2.50. The predicted molar refractivity (Wildman–Crippen MR) is 115 cm³/mol. The van der Waals surface area contributed by atoms with E-state index in [1.54, 1.807) is 0 Å². The Bertz CT molecular complexity index is 620. The van der Waals surface area contributed by atoms with Gasteiger partial charge in [-0.25, -0.2) is 0 Å². The number of rotatable bonds is 0. The van der Waals surface area contributed by atoms with Crippen LogP contribution in [0.5, 0.6) is 0 Å². The van der Waals surface area contributed by atoms with Gasteiger partial charge in [-0.1, -0.05) is 12.8 Å². The summed E-state index contributed by atoms with van der Waals surface area (Å²) in [5, 5.41) is 3.65. The van der Waals surface area contributed by atoms with Gasteiger partial charge in [0.1, 0.15) is 0 Å².